The van der Waals surface area contributed by atoms with Gasteiger partial charge in [0, 0.05) is 43.3 Å². The first-order chi connectivity index (χ1) is 12.2. The van der Waals surface area contributed by atoms with E-state index < -0.39 is 5.60 Å². The molecule has 1 aromatic heterocycles. The van der Waals surface area contributed by atoms with E-state index in [4.69, 9.17) is 4.74 Å². The lowest BCUT2D eigenvalue weighted by molar-refractivity contribution is -0.116. The molecular weight excluding hydrogens is 400 g/mol. The Morgan fingerprint density at radius 2 is 1.92 bits per heavy atom. The van der Waals surface area contributed by atoms with Crippen LogP contribution >= 0.6 is 15.9 Å². The van der Waals surface area contributed by atoms with Crippen molar-refractivity contribution in [3.63, 3.8) is 0 Å². The van der Waals surface area contributed by atoms with Gasteiger partial charge in [0.1, 0.15) is 5.60 Å². The molecule has 0 saturated carbocycles. The summed E-state index contributed by atoms with van der Waals surface area (Å²) in [5.41, 5.74) is 0.223. The topological polar surface area (TPSA) is 74.8 Å². The third kappa shape index (κ3) is 7.29. The molecule has 0 bridgehead atoms. The van der Waals surface area contributed by atoms with Crippen LogP contribution in [0.1, 0.15) is 33.6 Å². The molecule has 1 aliphatic rings. The summed E-state index contributed by atoms with van der Waals surface area (Å²) in [4.78, 5) is 32.1. The number of anilines is 1. The maximum absolute atomic E-state index is 12.0. The first kappa shape index (κ1) is 20.6. The number of piperazine rings is 1. The summed E-state index contributed by atoms with van der Waals surface area (Å²) in [6.07, 6.45) is 4.28. The summed E-state index contributed by atoms with van der Waals surface area (Å²) in [5, 5.41) is 2.84. The normalized spacial score (nSPS) is 15.6. The van der Waals surface area contributed by atoms with Gasteiger partial charge in [0.15, 0.2) is 0 Å². The van der Waals surface area contributed by atoms with Crippen molar-refractivity contribution in [3.05, 3.63) is 22.9 Å². The third-order valence-corrected chi connectivity index (χ3v) is 4.32. The first-order valence-electron chi connectivity index (χ1n) is 8.83. The Kier molecular flexibility index (Phi) is 7.40. The lowest BCUT2D eigenvalue weighted by atomic mass is 10.2. The van der Waals surface area contributed by atoms with E-state index >= 15 is 0 Å². The van der Waals surface area contributed by atoms with Crippen LogP contribution in [-0.4, -0.2) is 65.1 Å². The average molecular weight is 427 g/mol. The van der Waals surface area contributed by atoms with Gasteiger partial charge in [-0.05, 0) is 55.7 Å². The number of ether oxygens (including phenoxy) is 1. The molecule has 0 aromatic carbocycles. The highest BCUT2D eigenvalue weighted by Gasteiger charge is 2.25. The van der Waals surface area contributed by atoms with Gasteiger partial charge >= 0.3 is 6.09 Å². The third-order valence-electron chi connectivity index (χ3n) is 3.89. The number of halogens is 1. The van der Waals surface area contributed by atoms with E-state index in [2.05, 4.69) is 31.1 Å². The Balaban J connectivity index is 1.64. The van der Waals surface area contributed by atoms with Gasteiger partial charge in [-0.2, -0.15) is 0 Å². The summed E-state index contributed by atoms with van der Waals surface area (Å²) in [7, 11) is 0. The van der Waals surface area contributed by atoms with Crippen molar-refractivity contribution in [1.29, 1.82) is 0 Å². The average Bonchev–Trinajstić information content (AvgIpc) is 2.54. The predicted molar refractivity (Wildman–Crippen MR) is 104 cm³/mol. The zero-order chi connectivity index (χ0) is 19.2. The second-order valence-electron chi connectivity index (χ2n) is 7.35. The predicted octanol–water partition coefficient (Wildman–Crippen LogP) is 3.12. The maximum atomic E-state index is 12.0. The SMILES string of the molecule is CC(C)(C)OC(=O)N1CCN(CCCC(=O)Nc2cncc(Br)c2)CC1. The second kappa shape index (κ2) is 9.32. The Morgan fingerprint density at radius 3 is 2.54 bits per heavy atom. The van der Waals surface area contributed by atoms with Crippen LogP contribution in [0.3, 0.4) is 0 Å². The molecule has 1 N–H and O–H groups in total. The number of carbonyl (C=O) groups excluding carboxylic acids is 2. The minimum atomic E-state index is -0.467. The van der Waals surface area contributed by atoms with Gasteiger partial charge in [-0.1, -0.05) is 0 Å². The minimum absolute atomic E-state index is 0.0164. The number of hydrogen-bond acceptors (Lipinski definition) is 5. The van der Waals surface area contributed by atoms with Crippen molar-refractivity contribution >= 4 is 33.6 Å². The highest BCUT2D eigenvalue weighted by Crippen LogP contribution is 2.14. The zero-order valence-electron chi connectivity index (χ0n) is 15.6. The van der Waals surface area contributed by atoms with E-state index in [1.165, 1.54) is 0 Å². The Morgan fingerprint density at radius 1 is 1.23 bits per heavy atom. The molecule has 1 aromatic rings. The molecule has 7 nitrogen and oxygen atoms in total. The molecule has 2 heterocycles. The van der Waals surface area contributed by atoms with Crippen molar-refractivity contribution in [2.24, 2.45) is 0 Å². The van der Waals surface area contributed by atoms with Crippen molar-refractivity contribution in [2.75, 3.05) is 38.0 Å². The van der Waals surface area contributed by atoms with Gasteiger partial charge in [-0.3, -0.25) is 14.7 Å². The number of nitrogens with one attached hydrogen (secondary N) is 1. The summed E-state index contributed by atoms with van der Waals surface area (Å²) in [6.45, 7) is 9.37. The molecule has 0 aliphatic carbocycles. The summed E-state index contributed by atoms with van der Waals surface area (Å²) in [6, 6.07) is 1.82. The molecule has 8 heteroatoms. The molecule has 26 heavy (non-hydrogen) atoms. The fourth-order valence-electron chi connectivity index (χ4n) is 2.65. The van der Waals surface area contributed by atoms with Crippen LogP contribution in [0.5, 0.6) is 0 Å². The van der Waals surface area contributed by atoms with Crippen LogP contribution < -0.4 is 5.32 Å². The lowest BCUT2D eigenvalue weighted by Gasteiger charge is -2.35. The van der Waals surface area contributed by atoms with Gasteiger partial charge < -0.3 is 15.0 Å². The highest BCUT2D eigenvalue weighted by molar-refractivity contribution is 9.10. The van der Waals surface area contributed by atoms with Crippen LogP contribution in [0, 0.1) is 0 Å². The molecule has 1 saturated heterocycles. The number of carbonyl (C=O) groups is 2. The Hall–Kier alpha value is -1.67. The van der Waals surface area contributed by atoms with Crippen molar-refractivity contribution in [1.82, 2.24) is 14.8 Å². The van der Waals surface area contributed by atoms with Crippen LogP contribution in [-0.2, 0) is 9.53 Å². The number of amides is 2. The van der Waals surface area contributed by atoms with E-state index in [1.807, 2.05) is 26.8 Å². The van der Waals surface area contributed by atoms with Crippen molar-refractivity contribution in [2.45, 2.75) is 39.2 Å². The number of nitrogens with zero attached hydrogens (tertiary/aromatic N) is 3. The molecule has 1 fully saturated rings. The fourth-order valence-corrected chi connectivity index (χ4v) is 3.01. The number of rotatable bonds is 5. The van der Waals surface area contributed by atoms with Gasteiger partial charge in [0.2, 0.25) is 5.91 Å². The summed E-state index contributed by atoms with van der Waals surface area (Å²) < 4.78 is 6.23. The maximum Gasteiger partial charge on any atom is 0.410 e. The first-order valence-corrected chi connectivity index (χ1v) is 9.63. The molecule has 0 unspecified atom stereocenters. The van der Waals surface area contributed by atoms with E-state index in [9.17, 15) is 9.59 Å². The van der Waals surface area contributed by atoms with Gasteiger partial charge in [-0.15, -0.1) is 0 Å². The van der Waals surface area contributed by atoms with Gasteiger partial charge in [0.05, 0.1) is 11.9 Å². The fraction of sp³-hybridized carbons (Fsp3) is 0.611. The molecule has 0 radical (unpaired) electrons. The Bertz CT molecular complexity index is 625. The second-order valence-corrected chi connectivity index (χ2v) is 8.27. The highest BCUT2D eigenvalue weighted by atomic mass is 79.9. The van der Waals surface area contributed by atoms with E-state index in [1.54, 1.807) is 17.3 Å². The Labute approximate surface area is 163 Å². The molecule has 2 amide bonds. The largest absolute Gasteiger partial charge is 0.444 e. The molecule has 144 valence electrons. The van der Waals surface area contributed by atoms with E-state index in [-0.39, 0.29) is 12.0 Å². The molecule has 2 rings (SSSR count). The van der Waals surface area contributed by atoms with Crippen LogP contribution in [0.15, 0.2) is 22.9 Å². The smallest absolute Gasteiger partial charge is 0.410 e. The number of hydrogen-bond donors (Lipinski definition) is 1. The van der Waals surface area contributed by atoms with E-state index in [0.717, 1.165) is 30.5 Å². The van der Waals surface area contributed by atoms with Crippen LogP contribution in [0.2, 0.25) is 0 Å². The molecule has 1 aliphatic heterocycles. The summed E-state index contributed by atoms with van der Waals surface area (Å²) in [5.74, 6) is -0.0164. The lowest BCUT2D eigenvalue weighted by Crippen LogP contribution is -2.50. The summed E-state index contributed by atoms with van der Waals surface area (Å²) >= 11 is 3.33. The zero-order valence-corrected chi connectivity index (χ0v) is 17.2. The van der Waals surface area contributed by atoms with Crippen LogP contribution in [0.4, 0.5) is 10.5 Å². The quantitative estimate of drug-likeness (QED) is 0.782. The molecule has 0 spiro atoms. The van der Waals surface area contributed by atoms with Crippen molar-refractivity contribution < 1.29 is 14.3 Å². The monoisotopic (exact) mass is 426 g/mol. The van der Waals surface area contributed by atoms with Crippen molar-refractivity contribution in [3.8, 4) is 0 Å². The molecule has 0 atom stereocenters. The van der Waals surface area contributed by atoms with Gasteiger partial charge in [0.25, 0.3) is 0 Å². The number of aromatic nitrogens is 1. The van der Waals surface area contributed by atoms with Crippen LogP contribution in [0.25, 0.3) is 0 Å². The standard InChI is InChI=1S/C18H27BrN4O3/c1-18(2,3)26-17(25)23-9-7-22(8-10-23)6-4-5-16(24)21-15-11-14(19)12-20-13-15/h11-13H,4-10H2,1-3H3,(H,21,24). The van der Waals surface area contributed by atoms with Gasteiger partial charge in [-0.25, -0.2) is 4.79 Å². The number of pyridine rings is 1. The minimum Gasteiger partial charge on any atom is -0.444 e. The molecular formula is C18H27BrN4O3. The van der Waals surface area contributed by atoms with E-state index in [0.29, 0.717) is 25.2 Å².